The molecule has 2 fully saturated rings. The van der Waals surface area contributed by atoms with E-state index in [9.17, 15) is 24.5 Å². The van der Waals surface area contributed by atoms with Gasteiger partial charge in [0.05, 0.1) is 20.3 Å². The van der Waals surface area contributed by atoms with Gasteiger partial charge in [0.1, 0.15) is 42.6 Å². The van der Waals surface area contributed by atoms with Gasteiger partial charge in [0, 0.05) is 23.7 Å². The van der Waals surface area contributed by atoms with Gasteiger partial charge in [-0.3, -0.25) is 4.68 Å². The topological polar surface area (TPSA) is 142 Å². The smallest absolute Gasteiger partial charge is 0.497 e. The third-order valence-corrected chi connectivity index (χ3v) is 6.71. The predicted octanol–water partition coefficient (Wildman–Crippen LogP) is 1.62. The van der Waals surface area contributed by atoms with E-state index < -0.39 is 49.3 Å². The van der Waals surface area contributed by atoms with E-state index in [2.05, 4.69) is 9.84 Å². The first-order valence-electron chi connectivity index (χ1n) is 11.7. The molecule has 0 bridgehead atoms. The first kappa shape index (κ1) is 26.1. The minimum atomic E-state index is -1.65. The van der Waals surface area contributed by atoms with Crippen molar-refractivity contribution in [3.05, 3.63) is 40.8 Å². The van der Waals surface area contributed by atoms with Gasteiger partial charge in [0.25, 0.3) is 0 Å². The SMILES string of the molecule is COC(=O)OC[C@H]1O[C@@H](Oc2nn(C3CCC3)c(C)c2Cc2ccc(OC)cc2F)[C@H](O)[C@@H](O)[C@@H]1O. The molecule has 12 heteroatoms. The summed E-state index contributed by atoms with van der Waals surface area (Å²) in [7, 11) is 2.58. The molecule has 36 heavy (non-hydrogen) atoms. The van der Waals surface area contributed by atoms with Crippen LogP contribution in [-0.2, 0) is 20.6 Å². The number of hydrogen-bond donors (Lipinski definition) is 3. The number of aliphatic hydroxyl groups excluding tert-OH is 3. The van der Waals surface area contributed by atoms with E-state index in [0.717, 1.165) is 32.1 Å². The number of halogens is 1. The molecule has 2 aliphatic rings. The van der Waals surface area contributed by atoms with Gasteiger partial charge in [0.2, 0.25) is 12.2 Å². The number of rotatable bonds is 8. The number of benzene rings is 1. The number of hydrogen-bond acceptors (Lipinski definition) is 10. The van der Waals surface area contributed by atoms with Crippen LogP contribution in [0.5, 0.6) is 11.6 Å². The lowest BCUT2D eigenvalue weighted by Crippen LogP contribution is -2.60. The number of carbonyl (C=O) groups excluding carboxylic acids is 1. The minimum absolute atomic E-state index is 0.106. The number of ether oxygens (including phenoxy) is 5. The van der Waals surface area contributed by atoms with E-state index in [1.165, 1.54) is 13.2 Å². The number of nitrogens with zero attached hydrogens (tertiary/aromatic N) is 2. The van der Waals surface area contributed by atoms with Crippen LogP contribution in [0.25, 0.3) is 0 Å². The molecule has 2 heterocycles. The third kappa shape index (κ3) is 5.26. The second-order valence-electron chi connectivity index (χ2n) is 8.93. The Bertz CT molecular complexity index is 1070. The molecule has 2 aromatic rings. The highest BCUT2D eigenvalue weighted by molar-refractivity contribution is 5.59. The highest BCUT2D eigenvalue weighted by atomic mass is 19.1. The van der Waals surface area contributed by atoms with Crippen LogP contribution in [0.1, 0.15) is 42.1 Å². The van der Waals surface area contributed by atoms with E-state index in [4.69, 9.17) is 18.9 Å². The van der Waals surface area contributed by atoms with E-state index in [1.54, 1.807) is 12.1 Å². The number of methoxy groups -OCH3 is 2. The largest absolute Gasteiger partial charge is 0.508 e. The van der Waals surface area contributed by atoms with Crippen LogP contribution >= 0.6 is 0 Å². The molecule has 1 saturated heterocycles. The Labute approximate surface area is 207 Å². The summed E-state index contributed by atoms with van der Waals surface area (Å²) < 4.78 is 42.4. The lowest BCUT2D eigenvalue weighted by Gasteiger charge is -2.39. The van der Waals surface area contributed by atoms with Crippen molar-refractivity contribution in [2.24, 2.45) is 0 Å². The molecule has 1 saturated carbocycles. The van der Waals surface area contributed by atoms with Crippen LogP contribution in [0.4, 0.5) is 9.18 Å². The average Bonchev–Trinajstić information content (AvgIpc) is 3.12. The summed E-state index contributed by atoms with van der Waals surface area (Å²) in [5, 5.41) is 35.7. The summed E-state index contributed by atoms with van der Waals surface area (Å²) in [6.45, 7) is 1.41. The van der Waals surface area contributed by atoms with Gasteiger partial charge in [0.15, 0.2) is 0 Å². The maximum absolute atomic E-state index is 14.7. The lowest BCUT2D eigenvalue weighted by molar-refractivity contribution is -0.278. The molecule has 4 rings (SSSR count). The van der Waals surface area contributed by atoms with Crippen LogP contribution in [0.3, 0.4) is 0 Å². The van der Waals surface area contributed by atoms with Crippen molar-refractivity contribution in [2.45, 2.75) is 69.4 Å². The van der Waals surface area contributed by atoms with Gasteiger partial charge in [-0.25, -0.2) is 9.18 Å². The number of carbonyl (C=O) groups is 1. The van der Waals surface area contributed by atoms with Crippen molar-refractivity contribution in [3.63, 3.8) is 0 Å². The molecule has 1 aromatic carbocycles. The molecule has 0 unspecified atom stereocenters. The minimum Gasteiger partial charge on any atom is -0.497 e. The van der Waals surface area contributed by atoms with Gasteiger partial charge in [-0.1, -0.05) is 6.07 Å². The summed E-state index contributed by atoms with van der Waals surface area (Å²) in [5.41, 5.74) is 1.76. The molecule has 0 radical (unpaired) electrons. The van der Waals surface area contributed by atoms with E-state index in [1.807, 2.05) is 11.6 Å². The molecular weight excluding hydrogens is 479 g/mol. The fourth-order valence-corrected chi connectivity index (χ4v) is 4.27. The molecule has 1 aromatic heterocycles. The molecule has 0 spiro atoms. The van der Waals surface area contributed by atoms with Crippen molar-refractivity contribution in [2.75, 3.05) is 20.8 Å². The lowest BCUT2D eigenvalue weighted by atomic mass is 9.93. The highest BCUT2D eigenvalue weighted by Crippen LogP contribution is 2.37. The summed E-state index contributed by atoms with van der Waals surface area (Å²) in [4.78, 5) is 11.3. The third-order valence-electron chi connectivity index (χ3n) is 6.71. The monoisotopic (exact) mass is 510 g/mol. The number of aromatic nitrogens is 2. The zero-order chi connectivity index (χ0) is 26.0. The van der Waals surface area contributed by atoms with Crippen molar-refractivity contribution in [3.8, 4) is 11.6 Å². The van der Waals surface area contributed by atoms with Crippen molar-refractivity contribution in [1.29, 1.82) is 0 Å². The molecule has 198 valence electrons. The van der Waals surface area contributed by atoms with Gasteiger partial charge in [-0.05, 0) is 37.8 Å². The quantitative estimate of drug-likeness (QED) is 0.449. The second kappa shape index (κ2) is 11.0. The summed E-state index contributed by atoms with van der Waals surface area (Å²) >= 11 is 0. The molecular formula is C24H31FN2O9. The highest BCUT2D eigenvalue weighted by Gasteiger charge is 2.46. The Morgan fingerprint density at radius 3 is 2.56 bits per heavy atom. The second-order valence-corrected chi connectivity index (χ2v) is 8.93. The van der Waals surface area contributed by atoms with E-state index in [0.29, 0.717) is 16.9 Å². The Morgan fingerprint density at radius 2 is 1.94 bits per heavy atom. The maximum Gasteiger partial charge on any atom is 0.508 e. The van der Waals surface area contributed by atoms with Crippen molar-refractivity contribution in [1.82, 2.24) is 9.78 Å². The molecule has 0 amide bonds. The summed E-state index contributed by atoms with van der Waals surface area (Å²) in [6.07, 6.45) is -5.37. The molecule has 3 N–H and O–H groups in total. The van der Waals surface area contributed by atoms with Crippen LogP contribution in [0.2, 0.25) is 0 Å². The zero-order valence-corrected chi connectivity index (χ0v) is 20.3. The van der Waals surface area contributed by atoms with Gasteiger partial charge < -0.3 is 39.0 Å². The van der Waals surface area contributed by atoms with Gasteiger partial charge >= 0.3 is 6.16 Å². The van der Waals surface area contributed by atoms with Crippen LogP contribution in [-0.4, -0.2) is 82.8 Å². The summed E-state index contributed by atoms with van der Waals surface area (Å²) in [6, 6.07) is 4.74. The van der Waals surface area contributed by atoms with Gasteiger partial charge in [-0.15, -0.1) is 5.10 Å². The van der Waals surface area contributed by atoms with E-state index in [-0.39, 0.29) is 18.3 Å². The van der Waals surface area contributed by atoms with E-state index >= 15 is 0 Å². The van der Waals surface area contributed by atoms with Crippen LogP contribution < -0.4 is 9.47 Å². The fourth-order valence-electron chi connectivity index (χ4n) is 4.27. The first-order valence-corrected chi connectivity index (χ1v) is 11.7. The van der Waals surface area contributed by atoms with Crippen LogP contribution in [0.15, 0.2) is 18.2 Å². The van der Waals surface area contributed by atoms with Crippen LogP contribution in [0, 0.1) is 12.7 Å². The molecule has 11 nitrogen and oxygen atoms in total. The molecule has 1 aliphatic carbocycles. The van der Waals surface area contributed by atoms with Crippen molar-refractivity contribution >= 4 is 6.16 Å². The average molecular weight is 511 g/mol. The maximum atomic E-state index is 14.7. The Kier molecular flexibility index (Phi) is 7.98. The summed E-state index contributed by atoms with van der Waals surface area (Å²) in [5.74, 6) is 0.0413. The first-order chi connectivity index (χ1) is 17.2. The zero-order valence-electron chi connectivity index (χ0n) is 20.3. The fraction of sp³-hybridized carbons (Fsp3) is 0.583. The Balaban J connectivity index is 1.60. The Hall–Kier alpha value is -2.93. The van der Waals surface area contributed by atoms with Crippen molar-refractivity contribution < 1.29 is 48.2 Å². The molecule has 1 aliphatic heterocycles. The molecule has 5 atom stereocenters. The Morgan fingerprint density at radius 1 is 1.19 bits per heavy atom. The van der Waals surface area contributed by atoms with Gasteiger partial charge in [-0.2, -0.15) is 0 Å². The predicted molar refractivity (Wildman–Crippen MR) is 121 cm³/mol. The number of aliphatic hydroxyl groups is 3. The standard InChI is InChI=1S/C24H31FN2O9/c1-12-16(9-13-7-8-15(32-2)10-17(13)25)22(26-27(12)14-5-4-6-14)36-23-21(30)20(29)19(28)18(35-23)11-34-24(31)33-3/h7-8,10,14,18-21,23,28-30H,4-6,9,11H2,1-3H3/t18-,19-,20+,21-,23+/m1/s1. The normalized spacial score (nSPS) is 26.2.